The monoisotopic (exact) mass is 280 g/mol. The van der Waals surface area contributed by atoms with Gasteiger partial charge in [-0.05, 0) is 55.8 Å². The number of amides is 1. The molecule has 0 radical (unpaired) electrons. The standard InChI is InChI=1S/C15H21ClN2O/c16-14-7-5-12(6-8-14)2-1-9-18-15(19)11-17-10-13-3-4-13/h5-8,13,17H,1-4,9-11H2,(H,18,19). The molecule has 2 rings (SSSR count). The van der Waals surface area contributed by atoms with E-state index in [1.165, 1.54) is 18.4 Å². The second kappa shape index (κ2) is 7.51. The molecule has 0 heterocycles. The zero-order valence-electron chi connectivity index (χ0n) is 11.1. The lowest BCUT2D eigenvalue weighted by Gasteiger charge is -2.06. The number of hydrogen-bond acceptors (Lipinski definition) is 2. The summed E-state index contributed by atoms with van der Waals surface area (Å²) >= 11 is 5.83. The third kappa shape index (κ3) is 6.08. The lowest BCUT2D eigenvalue weighted by molar-refractivity contribution is -0.120. The number of nitrogens with one attached hydrogen (secondary N) is 2. The topological polar surface area (TPSA) is 41.1 Å². The average molecular weight is 281 g/mol. The number of halogens is 1. The average Bonchev–Trinajstić information content (AvgIpc) is 3.21. The molecule has 1 amide bonds. The van der Waals surface area contributed by atoms with Gasteiger partial charge >= 0.3 is 0 Å². The van der Waals surface area contributed by atoms with Gasteiger partial charge < -0.3 is 10.6 Å². The van der Waals surface area contributed by atoms with Crippen LogP contribution in [0, 0.1) is 5.92 Å². The van der Waals surface area contributed by atoms with Crippen molar-refractivity contribution in [1.29, 1.82) is 0 Å². The van der Waals surface area contributed by atoms with Crippen molar-refractivity contribution in [2.75, 3.05) is 19.6 Å². The Kier molecular flexibility index (Phi) is 5.67. The van der Waals surface area contributed by atoms with E-state index >= 15 is 0 Å². The van der Waals surface area contributed by atoms with Crippen LogP contribution >= 0.6 is 11.6 Å². The fourth-order valence-corrected chi connectivity index (χ4v) is 2.07. The minimum atomic E-state index is 0.0942. The summed E-state index contributed by atoms with van der Waals surface area (Å²) in [4.78, 5) is 11.5. The highest BCUT2D eigenvalue weighted by Crippen LogP contribution is 2.27. The summed E-state index contributed by atoms with van der Waals surface area (Å²) in [6.45, 7) is 2.15. The molecular weight excluding hydrogens is 260 g/mol. The Morgan fingerprint density at radius 3 is 2.68 bits per heavy atom. The highest BCUT2D eigenvalue weighted by molar-refractivity contribution is 6.30. The first-order valence-electron chi connectivity index (χ1n) is 6.96. The van der Waals surface area contributed by atoms with E-state index in [0.29, 0.717) is 6.54 Å². The molecule has 0 spiro atoms. The third-order valence-electron chi connectivity index (χ3n) is 3.29. The number of benzene rings is 1. The molecule has 0 aromatic heterocycles. The molecule has 1 aliphatic rings. The van der Waals surface area contributed by atoms with Crippen LogP contribution in [0.1, 0.15) is 24.8 Å². The van der Waals surface area contributed by atoms with Gasteiger partial charge in [-0.15, -0.1) is 0 Å². The lowest BCUT2D eigenvalue weighted by atomic mass is 10.1. The van der Waals surface area contributed by atoms with E-state index in [1.807, 2.05) is 24.3 Å². The second-order valence-electron chi connectivity index (χ2n) is 5.15. The van der Waals surface area contributed by atoms with Crippen LogP contribution in [0.15, 0.2) is 24.3 Å². The predicted molar refractivity (Wildman–Crippen MR) is 78.4 cm³/mol. The molecule has 1 aliphatic carbocycles. The smallest absolute Gasteiger partial charge is 0.233 e. The van der Waals surface area contributed by atoms with E-state index in [0.717, 1.165) is 36.9 Å². The molecule has 1 aromatic carbocycles. The first-order valence-corrected chi connectivity index (χ1v) is 7.33. The third-order valence-corrected chi connectivity index (χ3v) is 3.55. The van der Waals surface area contributed by atoms with Crippen LogP contribution < -0.4 is 10.6 Å². The highest BCUT2D eigenvalue weighted by atomic mass is 35.5. The van der Waals surface area contributed by atoms with Crippen LogP contribution in [0.4, 0.5) is 0 Å². The largest absolute Gasteiger partial charge is 0.355 e. The van der Waals surface area contributed by atoms with Crippen LogP contribution in [0.3, 0.4) is 0 Å². The fraction of sp³-hybridized carbons (Fsp3) is 0.533. The summed E-state index contributed by atoms with van der Waals surface area (Å²) in [7, 11) is 0. The van der Waals surface area contributed by atoms with Gasteiger partial charge in [-0.25, -0.2) is 0 Å². The zero-order chi connectivity index (χ0) is 13.5. The Bertz CT molecular complexity index is 401. The van der Waals surface area contributed by atoms with Gasteiger partial charge in [0.1, 0.15) is 0 Å². The Morgan fingerprint density at radius 2 is 2.00 bits per heavy atom. The Morgan fingerprint density at radius 1 is 1.26 bits per heavy atom. The summed E-state index contributed by atoms with van der Waals surface area (Å²) in [5.41, 5.74) is 1.26. The van der Waals surface area contributed by atoms with E-state index < -0.39 is 0 Å². The maximum absolute atomic E-state index is 11.5. The van der Waals surface area contributed by atoms with Gasteiger partial charge in [0.25, 0.3) is 0 Å². The molecule has 0 saturated heterocycles. The summed E-state index contributed by atoms with van der Waals surface area (Å²) in [6, 6.07) is 7.86. The molecule has 2 N–H and O–H groups in total. The van der Waals surface area contributed by atoms with Crippen LogP contribution in [0.5, 0.6) is 0 Å². The number of rotatable bonds is 8. The van der Waals surface area contributed by atoms with E-state index in [9.17, 15) is 4.79 Å². The first-order chi connectivity index (χ1) is 9.24. The molecule has 1 saturated carbocycles. The molecule has 0 aliphatic heterocycles. The van der Waals surface area contributed by atoms with Crippen molar-refractivity contribution in [2.24, 2.45) is 5.92 Å². The van der Waals surface area contributed by atoms with Gasteiger partial charge in [0, 0.05) is 11.6 Å². The van der Waals surface area contributed by atoms with Crippen molar-refractivity contribution >= 4 is 17.5 Å². The lowest BCUT2D eigenvalue weighted by Crippen LogP contribution is -2.35. The minimum absolute atomic E-state index is 0.0942. The summed E-state index contributed by atoms with van der Waals surface area (Å²) < 4.78 is 0. The molecule has 1 fully saturated rings. The van der Waals surface area contributed by atoms with E-state index in [1.54, 1.807) is 0 Å². The van der Waals surface area contributed by atoms with Gasteiger partial charge in [0.2, 0.25) is 5.91 Å². The number of hydrogen-bond donors (Lipinski definition) is 2. The van der Waals surface area contributed by atoms with Crippen LogP contribution in [0.2, 0.25) is 5.02 Å². The van der Waals surface area contributed by atoms with Gasteiger partial charge in [-0.3, -0.25) is 4.79 Å². The molecule has 3 nitrogen and oxygen atoms in total. The molecule has 1 aromatic rings. The van der Waals surface area contributed by atoms with Crippen molar-refractivity contribution in [3.05, 3.63) is 34.9 Å². The van der Waals surface area contributed by atoms with Gasteiger partial charge in [-0.1, -0.05) is 23.7 Å². The Hall–Kier alpha value is -1.06. The predicted octanol–water partition coefficient (Wildman–Crippen LogP) is 2.39. The van der Waals surface area contributed by atoms with Crippen LogP contribution in [-0.4, -0.2) is 25.5 Å². The normalized spacial score (nSPS) is 14.4. The maximum atomic E-state index is 11.5. The van der Waals surface area contributed by atoms with E-state index in [4.69, 9.17) is 11.6 Å². The second-order valence-corrected chi connectivity index (χ2v) is 5.59. The molecule has 0 atom stereocenters. The van der Waals surface area contributed by atoms with Crippen molar-refractivity contribution < 1.29 is 4.79 Å². The first kappa shape index (κ1) is 14.4. The van der Waals surface area contributed by atoms with Gasteiger partial charge in [-0.2, -0.15) is 0 Å². The molecule has 104 valence electrons. The van der Waals surface area contributed by atoms with Gasteiger partial charge in [0.05, 0.1) is 6.54 Å². The minimum Gasteiger partial charge on any atom is -0.355 e. The van der Waals surface area contributed by atoms with Crippen molar-refractivity contribution in [1.82, 2.24) is 10.6 Å². The van der Waals surface area contributed by atoms with Crippen LogP contribution in [0.25, 0.3) is 0 Å². The molecule has 0 unspecified atom stereocenters. The molecular formula is C15H21ClN2O. The van der Waals surface area contributed by atoms with E-state index in [2.05, 4.69) is 10.6 Å². The molecule has 4 heteroatoms. The summed E-state index contributed by atoms with van der Waals surface area (Å²) in [5, 5.41) is 6.88. The quantitative estimate of drug-likeness (QED) is 0.718. The van der Waals surface area contributed by atoms with Crippen molar-refractivity contribution in [3.63, 3.8) is 0 Å². The SMILES string of the molecule is O=C(CNCC1CC1)NCCCc1ccc(Cl)cc1. The Labute approximate surface area is 119 Å². The van der Waals surface area contributed by atoms with Crippen molar-refractivity contribution in [2.45, 2.75) is 25.7 Å². The fourth-order valence-electron chi connectivity index (χ4n) is 1.95. The summed E-state index contributed by atoms with van der Waals surface area (Å²) in [5.74, 6) is 0.912. The van der Waals surface area contributed by atoms with Crippen LogP contribution in [-0.2, 0) is 11.2 Å². The number of aryl methyl sites for hydroxylation is 1. The van der Waals surface area contributed by atoms with Gasteiger partial charge in [0.15, 0.2) is 0 Å². The van der Waals surface area contributed by atoms with Crippen molar-refractivity contribution in [3.8, 4) is 0 Å². The Balaban J connectivity index is 1.50. The number of carbonyl (C=O) groups excluding carboxylic acids is 1. The number of carbonyl (C=O) groups is 1. The zero-order valence-corrected chi connectivity index (χ0v) is 11.9. The molecule has 19 heavy (non-hydrogen) atoms. The van der Waals surface area contributed by atoms with E-state index in [-0.39, 0.29) is 5.91 Å². The summed E-state index contributed by atoms with van der Waals surface area (Å²) in [6.07, 6.45) is 4.55. The maximum Gasteiger partial charge on any atom is 0.233 e. The molecule has 0 bridgehead atoms. The highest BCUT2D eigenvalue weighted by Gasteiger charge is 2.20.